The number of sulfone groups is 1. The van der Waals surface area contributed by atoms with Crippen LogP contribution in [-0.2, 0) is 16.4 Å². The zero-order chi connectivity index (χ0) is 15.6. The average Bonchev–Trinajstić information content (AvgIpc) is 2.37. The van der Waals surface area contributed by atoms with E-state index in [1.165, 1.54) is 6.26 Å². The molecule has 1 aromatic rings. The van der Waals surface area contributed by atoms with E-state index in [4.69, 9.17) is 11.6 Å². The number of benzene rings is 1. The Kier molecular flexibility index (Phi) is 5.30. The van der Waals surface area contributed by atoms with Crippen molar-refractivity contribution in [3.63, 3.8) is 0 Å². The van der Waals surface area contributed by atoms with Gasteiger partial charge >= 0.3 is 0 Å². The molecule has 0 amide bonds. The van der Waals surface area contributed by atoms with Crippen molar-refractivity contribution in [3.05, 3.63) is 28.8 Å². The van der Waals surface area contributed by atoms with Crippen LogP contribution in [0, 0.1) is 5.92 Å². The molecule has 0 aromatic heterocycles. The number of likely N-dealkylation sites (tertiary alicyclic amines) is 1. The lowest BCUT2D eigenvalue weighted by Crippen LogP contribution is -2.46. The van der Waals surface area contributed by atoms with Crippen molar-refractivity contribution >= 4 is 21.4 Å². The molecule has 4 nitrogen and oxygen atoms in total. The van der Waals surface area contributed by atoms with Crippen molar-refractivity contribution in [2.45, 2.75) is 30.8 Å². The van der Waals surface area contributed by atoms with Gasteiger partial charge in [-0.1, -0.05) is 24.6 Å². The van der Waals surface area contributed by atoms with Gasteiger partial charge in [-0.05, 0) is 38.1 Å². The summed E-state index contributed by atoms with van der Waals surface area (Å²) in [6, 6.07) is 5.44. The van der Waals surface area contributed by atoms with Gasteiger partial charge in [-0.2, -0.15) is 0 Å². The van der Waals surface area contributed by atoms with Gasteiger partial charge < -0.3 is 10.2 Å². The molecule has 0 radical (unpaired) electrons. The molecule has 0 bridgehead atoms. The molecule has 1 aliphatic heterocycles. The number of nitrogens with zero attached hydrogens (tertiary/aromatic N) is 1. The molecule has 0 saturated carbocycles. The van der Waals surface area contributed by atoms with E-state index in [0.29, 0.717) is 34.0 Å². The molecule has 1 aromatic carbocycles. The molecule has 2 rings (SSSR count). The number of rotatable bonds is 4. The van der Waals surface area contributed by atoms with Crippen molar-refractivity contribution in [2.24, 2.45) is 5.92 Å². The maximum absolute atomic E-state index is 11.9. The van der Waals surface area contributed by atoms with Crippen LogP contribution in [0.4, 0.5) is 0 Å². The van der Waals surface area contributed by atoms with Crippen LogP contribution in [0.15, 0.2) is 23.1 Å². The number of piperidine rings is 1. The first kappa shape index (κ1) is 16.7. The predicted octanol–water partition coefficient (Wildman–Crippen LogP) is 2.17. The molecule has 1 fully saturated rings. The van der Waals surface area contributed by atoms with E-state index < -0.39 is 9.84 Å². The summed E-state index contributed by atoms with van der Waals surface area (Å²) in [6.07, 6.45) is 2.29. The van der Waals surface area contributed by atoms with Crippen LogP contribution in [-0.4, -0.2) is 45.8 Å². The molecule has 1 saturated heterocycles. The van der Waals surface area contributed by atoms with E-state index in [9.17, 15) is 8.42 Å². The van der Waals surface area contributed by atoms with Gasteiger partial charge in [0.2, 0.25) is 0 Å². The maximum atomic E-state index is 11.9. The monoisotopic (exact) mass is 330 g/mol. The van der Waals surface area contributed by atoms with Gasteiger partial charge in [-0.15, -0.1) is 0 Å². The van der Waals surface area contributed by atoms with Crippen LogP contribution in [0.25, 0.3) is 0 Å². The molecular formula is C15H23ClN2O2S. The lowest BCUT2D eigenvalue weighted by atomic mass is 9.94. The highest BCUT2D eigenvalue weighted by atomic mass is 35.5. The van der Waals surface area contributed by atoms with Crippen LogP contribution < -0.4 is 5.32 Å². The third-order valence-corrected chi connectivity index (χ3v) is 5.66. The SMILES string of the molecule is CC1CN(C)CCC1NCc1c(Cl)cccc1S(C)(=O)=O. The fourth-order valence-corrected chi connectivity index (χ4v) is 4.20. The Morgan fingerprint density at radius 2 is 2.14 bits per heavy atom. The molecule has 1 N–H and O–H groups in total. The zero-order valence-corrected chi connectivity index (χ0v) is 14.3. The second-order valence-electron chi connectivity index (χ2n) is 6.00. The van der Waals surface area contributed by atoms with E-state index >= 15 is 0 Å². The van der Waals surface area contributed by atoms with Crippen LogP contribution in [0.5, 0.6) is 0 Å². The van der Waals surface area contributed by atoms with E-state index in [1.54, 1.807) is 18.2 Å². The second-order valence-corrected chi connectivity index (χ2v) is 8.40. The van der Waals surface area contributed by atoms with Gasteiger partial charge in [-0.3, -0.25) is 0 Å². The summed E-state index contributed by atoms with van der Waals surface area (Å²) in [5.74, 6) is 0.535. The summed E-state index contributed by atoms with van der Waals surface area (Å²) in [5.41, 5.74) is 0.674. The van der Waals surface area contributed by atoms with Gasteiger partial charge in [0.25, 0.3) is 0 Å². The van der Waals surface area contributed by atoms with Gasteiger partial charge in [0, 0.05) is 36.0 Å². The molecule has 21 heavy (non-hydrogen) atoms. The van der Waals surface area contributed by atoms with Gasteiger partial charge in [0.1, 0.15) is 0 Å². The summed E-state index contributed by atoms with van der Waals surface area (Å²) in [5, 5.41) is 3.99. The first-order valence-electron chi connectivity index (χ1n) is 7.18. The molecule has 118 valence electrons. The number of nitrogens with one attached hydrogen (secondary N) is 1. The Balaban J connectivity index is 2.14. The molecular weight excluding hydrogens is 308 g/mol. The van der Waals surface area contributed by atoms with Crippen molar-refractivity contribution in [3.8, 4) is 0 Å². The summed E-state index contributed by atoms with van der Waals surface area (Å²) in [4.78, 5) is 2.64. The summed E-state index contributed by atoms with van der Waals surface area (Å²) in [7, 11) is -1.14. The van der Waals surface area contributed by atoms with Crippen molar-refractivity contribution in [1.29, 1.82) is 0 Å². The van der Waals surface area contributed by atoms with Gasteiger partial charge in [-0.25, -0.2) is 8.42 Å². The third kappa shape index (κ3) is 4.19. The van der Waals surface area contributed by atoms with E-state index in [2.05, 4.69) is 24.2 Å². The molecule has 2 atom stereocenters. The largest absolute Gasteiger partial charge is 0.309 e. The van der Waals surface area contributed by atoms with Gasteiger partial charge in [0.05, 0.1) is 4.90 Å². The minimum atomic E-state index is -3.26. The van der Waals surface area contributed by atoms with E-state index in [0.717, 1.165) is 19.5 Å². The number of hydrogen-bond donors (Lipinski definition) is 1. The van der Waals surface area contributed by atoms with Crippen LogP contribution in [0.3, 0.4) is 0 Å². The highest BCUT2D eigenvalue weighted by molar-refractivity contribution is 7.90. The fourth-order valence-electron chi connectivity index (χ4n) is 2.95. The standard InChI is InChI=1S/C15H23ClN2O2S/c1-11-10-18(2)8-7-14(11)17-9-12-13(16)5-4-6-15(12)21(3,19)20/h4-6,11,14,17H,7-10H2,1-3H3. The van der Waals surface area contributed by atoms with Crippen LogP contribution in [0.1, 0.15) is 18.9 Å². The normalized spacial score (nSPS) is 24.2. The Bertz CT molecular complexity index is 604. The van der Waals surface area contributed by atoms with Crippen LogP contribution in [0.2, 0.25) is 5.02 Å². The highest BCUT2D eigenvalue weighted by Crippen LogP contribution is 2.25. The summed E-state index contributed by atoms with van der Waals surface area (Å²) in [6.45, 7) is 4.82. The number of hydrogen-bond acceptors (Lipinski definition) is 4. The predicted molar refractivity (Wildman–Crippen MR) is 86.5 cm³/mol. The molecule has 1 aliphatic rings. The van der Waals surface area contributed by atoms with Crippen molar-refractivity contribution in [2.75, 3.05) is 26.4 Å². The van der Waals surface area contributed by atoms with Crippen molar-refractivity contribution < 1.29 is 8.42 Å². The molecule has 2 unspecified atom stereocenters. The smallest absolute Gasteiger partial charge is 0.175 e. The first-order valence-corrected chi connectivity index (χ1v) is 9.45. The molecule has 6 heteroatoms. The lowest BCUT2D eigenvalue weighted by molar-refractivity contribution is 0.174. The lowest BCUT2D eigenvalue weighted by Gasteiger charge is -2.35. The Morgan fingerprint density at radius 1 is 1.43 bits per heavy atom. The maximum Gasteiger partial charge on any atom is 0.175 e. The summed E-state index contributed by atoms with van der Waals surface area (Å²) >= 11 is 6.20. The zero-order valence-electron chi connectivity index (χ0n) is 12.8. The Morgan fingerprint density at radius 3 is 2.76 bits per heavy atom. The van der Waals surface area contributed by atoms with E-state index in [-0.39, 0.29) is 0 Å². The highest BCUT2D eigenvalue weighted by Gasteiger charge is 2.24. The van der Waals surface area contributed by atoms with Crippen molar-refractivity contribution in [1.82, 2.24) is 10.2 Å². The quantitative estimate of drug-likeness (QED) is 0.919. The first-order chi connectivity index (χ1) is 9.79. The Labute approximate surface area is 132 Å². The topological polar surface area (TPSA) is 49.4 Å². The molecule has 0 aliphatic carbocycles. The molecule has 1 heterocycles. The minimum absolute atomic E-state index is 0.322. The average molecular weight is 331 g/mol. The fraction of sp³-hybridized carbons (Fsp3) is 0.600. The van der Waals surface area contributed by atoms with E-state index in [1.807, 2.05) is 0 Å². The minimum Gasteiger partial charge on any atom is -0.309 e. The van der Waals surface area contributed by atoms with Gasteiger partial charge in [0.15, 0.2) is 9.84 Å². The number of halogens is 1. The summed E-state index contributed by atoms with van der Waals surface area (Å²) < 4.78 is 23.7. The molecule has 0 spiro atoms. The third-order valence-electron chi connectivity index (χ3n) is 4.12. The second kappa shape index (κ2) is 6.65. The van der Waals surface area contributed by atoms with Crippen LogP contribution >= 0.6 is 11.6 Å². The Hall–Kier alpha value is -0.620.